The lowest BCUT2D eigenvalue weighted by Crippen LogP contribution is -2.34. The molecule has 0 fully saturated rings. The number of allylic oxidation sites excluding steroid dienone is 5. The SMILES string of the molecule is C=C(C(c1ccccc1)c1ccccc1)N1CC(CCC)(CCC)c2ccccc21.CCCC1=CCCC=C1. The Labute approximate surface area is 238 Å². The largest absolute Gasteiger partial charge is 0.344 e. The van der Waals surface area contributed by atoms with Crippen LogP contribution in [0.25, 0.3) is 0 Å². The molecule has 0 radical (unpaired) electrons. The molecule has 0 saturated carbocycles. The second-order valence-corrected chi connectivity index (χ2v) is 11.1. The lowest BCUT2D eigenvalue weighted by atomic mass is 9.75. The summed E-state index contributed by atoms with van der Waals surface area (Å²) in [6, 6.07) is 30.7. The van der Waals surface area contributed by atoms with E-state index in [1.54, 1.807) is 0 Å². The molecule has 1 aliphatic heterocycles. The zero-order valence-electron chi connectivity index (χ0n) is 24.4. The quantitative estimate of drug-likeness (QED) is 0.258. The van der Waals surface area contributed by atoms with Gasteiger partial charge < -0.3 is 4.90 Å². The van der Waals surface area contributed by atoms with E-state index in [2.05, 4.69) is 129 Å². The van der Waals surface area contributed by atoms with E-state index in [4.69, 9.17) is 6.58 Å². The molecule has 0 N–H and O–H groups in total. The lowest BCUT2D eigenvalue weighted by molar-refractivity contribution is 0.380. The van der Waals surface area contributed by atoms with Crippen LogP contribution in [-0.4, -0.2) is 6.54 Å². The third-order valence-corrected chi connectivity index (χ3v) is 8.24. The van der Waals surface area contributed by atoms with Gasteiger partial charge in [-0.1, -0.05) is 149 Å². The number of benzene rings is 3. The van der Waals surface area contributed by atoms with Crippen molar-refractivity contribution in [3.63, 3.8) is 0 Å². The topological polar surface area (TPSA) is 3.24 Å². The fraction of sp³-hybridized carbons (Fsp3) is 0.368. The Bertz CT molecular complexity index is 1190. The second kappa shape index (κ2) is 14.2. The Morgan fingerprint density at radius 3 is 1.90 bits per heavy atom. The Morgan fingerprint density at radius 1 is 0.769 bits per heavy atom. The van der Waals surface area contributed by atoms with E-state index in [0.717, 1.165) is 6.54 Å². The minimum absolute atomic E-state index is 0.152. The van der Waals surface area contributed by atoms with Gasteiger partial charge in [0.2, 0.25) is 0 Å². The molecule has 3 aromatic rings. The van der Waals surface area contributed by atoms with E-state index in [9.17, 15) is 0 Å². The van der Waals surface area contributed by atoms with Gasteiger partial charge in [-0.25, -0.2) is 0 Å². The standard InChI is InChI=1S/C29H33N.C9H14/c1-4-20-29(21-5-2)22-30(27-19-13-12-18-26(27)29)23(3)28(24-14-8-6-9-15-24)25-16-10-7-11-17-25;1-2-6-9-7-4-3-5-8-9/h6-19,28H,3-5,20-22H2,1-2H3;4,7-8H,2-3,5-6H2,1H3. The Hall–Kier alpha value is -3.32. The highest BCUT2D eigenvalue weighted by Gasteiger charge is 2.42. The minimum atomic E-state index is 0.152. The summed E-state index contributed by atoms with van der Waals surface area (Å²) in [6.45, 7) is 12.6. The summed E-state index contributed by atoms with van der Waals surface area (Å²) in [4.78, 5) is 2.52. The van der Waals surface area contributed by atoms with E-state index in [1.807, 2.05) is 0 Å². The maximum Gasteiger partial charge on any atom is 0.0486 e. The molecule has 1 heteroatoms. The summed E-state index contributed by atoms with van der Waals surface area (Å²) < 4.78 is 0. The Kier molecular flexibility index (Phi) is 10.4. The molecule has 204 valence electrons. The number of para-hydroxylation sites is 1. The Morgan fingerprint density at radius 2 is 1.36 bits per heavy atom. The average molecular weight is 518 g/mol. The van der Waals surface area contributed by atoms with E-state index < -0.39 is 0 Å². The first-order chi connectivity index (χ1) is 19.1. The van der Waals surface area contributed by atoms with Crippen LogP contribution in [0.2, 0.25) is 0 Å². The summed E-state index contributed by atoms with van der Waals surface area (Å²) in [6.07, 6.45) is 16.8. The summed E-state index contributed by atoms with van der Waals surface area (Å²) in [5.74, 6) is 0.152. The summed E-state index contributed by atoms with van der Waals surface area (Å²) in [7, 11) is 0. The highest BCUT2D eigenvalue weighted by molar-refractivity contribution is 5.68. The van der Waals surface area contributed by atoms with E-state index in [1.165, 1.54) is 85.0 Å². The van der Waals surface area contributed by atoms with Crippen LogP contribution in [0.4, 0.5) is 5.69 Å². The predicted octanol–water partition coefficient (Wildman–Crippen LogP) is 10.8. The first-order valence-electron chi connectivity index (χ1n) is 15.1. The van der Waals surface area contributed by atoms with Crippen molar-refractivity contribution >= 4 is 5.69 Å². The maximum absolute atomic E-state index is 4.70. The molecule has 0 unspecified atom stereocenters. The maximum atomic E-state index is 4.70. The van der Waals surface area contributed by atoms with Gasteiger partial charge in [-0.3, -0.25) is 0 Å². The zero-order chi connectivity index (χ0) is 27.5. The van der Waals surface area contributed by atoms with Crippen LogP contribution in [0.1, 0.15) is 94.7 Å². The van der Waals surface area contributed by atoms with E-state index in [-0.39, 0.29) is 11.3 Å². The molecule has 0 bridgehead atoms. The van der Waals surface area contributed by atoms with E-state index >= 15 is 0 Å². The fourth-order valence-corrected chi connectivity index (χ4v) is 6.56. The highest BCUT2D eigenvalue weighted by Crippen LogP contribution is 2.49. The van der Waals surface area contributed by atoms with Gasteiger partial charge in [0.05, 0.1) is 0 Å². The van der Waals surface area contributed by atoms with Crippen molar-refractivity contribution in [3.05, 3.63) is 138 Å². The minimum Gasteiger partial charge on any atom is -0.344 e. The van der Waals surface area contributed by atoms with Gasteiger partial charge >= 0.3 is 0 Å². The molecule has 39 heavy (non-hydrogen) atoms. The van der Waals surface area contributed by atoms with Crippen LogP contribution < -0.4 is 4.90 Å². The smallest absolute Gasteiger partial charge is 0.0486 e. The molecule has 1 heterocycles. The third-order valence-electron chi connectivity index (χ3n) is 8.24. The molecule has 3 aromatic carbocycles. The number of hydrogen-bond acceptors (Lipinski definition) is 1. The normalized spacial score (nSPS) is 15.4. The van der Waals surface area contributed by atoms with Gasteiger partial charge in [-0.05, 0) is 54.9 Å². The van der Waals surface area contributed by atoms with Gasteiger partial charge in [-0.15, -0.1) is 0 Å². The molecule has 0 atom stereocenters. The lowest BCUT2D eigenvalue weighted by Gasteiger charge is -2.33. The molecule has 2 aliphatic rings. The first kappa shape index (κ1) is 28.7. The van der Waals surface area contributed by atoms with Crippen LogP contribution >= 0.6 is 0 Å². The van der Waals surface area contributed by atoms with Gasteiger partial charge in [-0.2, -0.15) is 0 Å². The summed E-state index contributed by atoms with van der Waals surface area (Å²) in [5.41, 5.74) is 8.39. The Balaban J connectivity index is 0.000000333. The number of fused-ring (bicyclic) bond motifs is 1. The van der Waals surface area contributed by atoms with Crippen molar-refractivity contribution in [2.24, 2.45) is 0 Å². The van der Waals surface area contributed by atoms with Crippen LogP contribution in [0, 0.1) is 0 Å². The van der Waals surface area contributed by atoms with Crippen LogP contribution in [-0.2, 0) is 5.41 Å². The van der Waals surface area contributed by atoms with Crippen molar-refractivity contribution in [1.29, 1.82) is 0 Å². The van der Waals surface area contributed by atoms with E-state index in [0.29, 0.717) is 0 Å². The summed E-state index contributed by atoms with van der Waals surface area (Å²) in [5, 5.41) is 0. The fourth-order valence-electron chi connectivity index (χ4n) is 6.56. The van der Waals surface area contributed by atoms with Crippen molar-refractivity contribution in [2.75, 3.05) is 11.4 Å². The number of nitrogens with zero attached hydrogens (tertiary/aromatic N) is 1. The zero-order valence-corrected chi connectivity index (χ0v) is 24.4. The average Bonchev–Trinajstić information content (AvgIpc) is 3.30. The molecule has 0 amide bonds. The van der Waals surface area contributed by atoms with Crippen LogP contribution in [0.3, 0.4) is 0 Å². The van der Waals surface area contributed by atoms with Gasteiger partial charge in [0.15, 0.2) is 0 Å². The highest BCUT2D eigenvalue weighted by atomic mass is 15.2. The summed E-state index contributed by atoms with van der Waals surface area (Å²) >= 11 is 0. The second-order valence-electron chi connectivity index (χ2n) is 11.1. The molecule has 0 saturated heterocycles. The molecule has 5 rings (SSSR count). The van der Waals surface area contributed by atoms with Crippen molar-refractivity contribution in [3.8, 4) is 0 Å². The van der Waals surface area contributed by atoms with Crippen LogP contribution in [0.15, 0.2) is 121 Å². The monoisotopic (exact) mass is 517 g/mol. The van der Waals surface area contributed by atoms with Crippen LogP contribution in [0.5, 0.6) is 0 Å². The number of anilines is 1. The number of hydrogen-bond donors (Lipinski definition) is 0. The number of rotatable bonds is 10. The molecule has 0 aromatic heterocycles. The first-order valence-corrected chi connectivity index (χ1v) is 15.1. The van der Waals surface area contributed by atoms with Gasteiger partial charge in [0.1, 0.15) is 0 Å². The molecular weight excluding hydrogens is 470 g/mol. The third kappa shape index (κ3) is 6.82. The van der Waals surface area contributed by atoms with Crippen molar-refractivity contribution in [2.45, 2.75) is 83.5 Å². The van der Waals surface area contributed by atoms with Crippen molar-refractivity contribution in [1.82, 2.24) is 0 Å². The molecule has 1 nitrogen and oxygen atoms in total. The molecular formula is C38H47N. The van der Waals surface area contributed by atoms with Gasteiger partial charge in [0.25, 0.3) is 0 Å². The predicted molar refractivity (Wildman–Crippen MR) is 171 cm³/mol. The molecule has 0 spiro atoms. The van der Waals surface area contributed by atoms with Gasteiger partial charge in [0, 0.05) is 29.3 Å². The van der Waals surface area contributed by atoms with Crippen molar-refractivity contribution < 1.29 is 0 Å². The molecule has 1 aliphatic carbocycles.